The molecular weight excluding hydrogens is 456 g/mol. The first-order chi connectivity index (χ1) is 13.9. The number of amides is 2. The van der Waals surface area contributed by atoms with E-state index in [1.807, 2.05) is 13.8 Å². The van der Waals surface area contributed by atoms with Gasteiger partial charge in [-0.25, -0.2) is 24.5 Å². The summed E-state index contributed by atoms with van der Waals surface area (Å²) >= 11 is 4.71. The summed E-state index contributed by atoms with van der Waals surface area (Å²) in [5.74, 6) is -0.542. The van der Waals surface area contributed by atoms with Gasteiger partial charge in [-0.2, -0.15) is 0 Å². The van der Waals surface area contributed by atoms with Crippen LogP contribution in [-0.2, 0) is 4.74 Å². The largest absolute Gasteiger partial charge is 0.434 e. The molecule has 7 nitrogen and oxygen atoms in total. The zero-order valence-corrected chi connectivity index (χ0v) is 19.3. The van der Waals surface area contributed by atoms with Gasteiger partial charge in [-0.15, -0.1) is 0 Å². The van der Waals surface area contributed by atoms with Gasteiger partial charge in [0.15, 0.2) is 5.13 Å². The molecule has 29 heavy (non-hydrogen) atoms. The lowest BCUT2D eigenvalue weighted by Crippen LogP contribution is -2.37. The zero-order valence-electron chi connectivity index (χ0n) is 16.9. The molecule has 3 heterocycles. The maximum Gasteiger partial charge on any atom is 0.358 e. The van der Waals surface area contributed by atoms with Crippen molar-refractivity contribution in [2.75, 3.05) is 18.0 Å². The quantitative estimate of drug-likeness (QED) is 0.395. The molecule has 0 spiro atoms. The molecule has 2 amide bonds. The fourth-order valence-electron chi connectivity index (χ4n) is 3.11. The predicted octanol–water partition coefficient (Wildman–Crippen LogP) is 4.92. The predicted molar refractivity (Wildman–Crippen MR) is 116 cm³/mol. The van der Waals surface area contributed by atoms with Crippen molar-refractivity contribution in [1.82, 2.24) is 14.9 Å². The number of hydrogen-bond donors (Lipinski definition) is 0. The summed E-state index contributed by atoms with van der Waals surface area (Å²) < 4.78 is 6.52. The number of hydrogen-bond acceptors (Lipinski definition) is 6. The number of carbonyl (C=O) groups is 2. The molecule has 1 aliphatic rings. The normalized spacial score (nSPS) is 16.6. The summed E-state index contributed by atoms with van der Waals surface area (Å²) in [6.45, 7) is 6.96. The van der Waals surface area contributed by atoms with Crippen LogP contribution in [0.15, 0.2) is 22.2 Å². The van der Waals surface area contributed by atoms with Gasteiger partial charge in [-0.1, -0.05) is 37.5 Å². The second kappa shape index (κ2) is 9.67. The standard InChI is InChI=1S/C20H25BrN4O3S/c1-4-5-6-7-8-24-12-17(25(20(24)27)19-23-11-16(21)29-19)28-18(26)15-9-13(2)14(3)10-22-15/h9-11,17H,4-8,12H2,1-3H3. The number of nitrogens with zero attached hydrogens (tertiary/aromatic N) is 4. The average Bonchev–Trinajstić information content (AvgIpc) is 3.24. The molecule has 3 rings (SSSR count). The number of halogens is 1. The van der Waals surface area contributed by atoms with Crippen molar-refractivity contribution in [3.8, 4) is 0 Å². The summed E-state index contributed by atoms with van der Waals surface area (Å²) in [6.07, 6.45) is 6.83. The highest BCUT2D eigenvalue weighted by atomic mass is 79.9. The van der Waals surface area contributed by atoms with Crippen LogP contribution in [0.3, 0.4) is 0 Å². The molecule has 0 saturated carbocycles. The Kier molecular flexibility index (Phi) is 7.23. The van der Waals surface area contributed by atoms with Gasteiger partial charge in [-0.3, -0.25) is 0 Å². The Morgan fingerprint density at radius 1 is 1.24 bits per heavy atom. The first-order valence-corrected chi connectivity index (χ1v) is 11.3. The molecule has 1 atom stereocenters. The number of thiazole rings is 1. The third kappa shape index (κ3) is 5.14. The van der Waals surface area contributed by atoms with E-state index >= 15 is 0 Å². The molecule has 0 N–H and O–H groups in total. The van der Waals surface area contributed by atoms with Crippen LogP contribution in [0.1, 0.15) is 54.2 Å². The highest BCUT2D eigenvalue weighted by molar-refractivity contribution is 9.11. The third-order valence-corrected chi connectivity index (χ3v) is 6.39. The number of pyridine rings is 1. The number of aryl methyl sites for hydroxylation is 2. The number of rotatable bonds is 8. The van der Waals surface area contributed by atoms with Crippen LogP contribution in [0, 0.1) is 13.8 Å². The van der Waals surface area contributed by atoms with Gasteiger partial charge in [-0.05, 0) is 53.4 Å². The van der Waals surface area contributed by atoms with Crippen molar-refractivity contribution >= 4 is 44.4 Å². The molecular formula is C20H25BrN4O3S. The van der Waals surface area contributed by atoms with Crippen molar-refractivity contribution in [1.29, 1.82) is 0 Å². The first kappa shape index (κ1) is 21.7. The number of urea groups is 1. The smallest absolute Gasteiger partial charge is 0.358 e. The Bertz CT molecular complexity index is 888. The Labute approximate surface area is 183 Å². The number of ether oxygens (including phenoxy) is 1. The summed E-state index contributed by atoms with van der Waals surface area (Å²) in [4.78, 5) is 37.4. The van der Waals surface area contributed by atoms with Crippen LogP contribution in [0.4, 0.5) is 9.93 Å². The number of aromatic nitrogens is 2. The molecule has 2 aromatic rings. The molecule has 2 aromatic heterocycles. The topological polar surface area (TPSA) is 75.6 Å². The first-order valence-electron chi connectivity index (χ1n) is 9.74. The van der Waals surface area contributed by atoms with Crippen LogP contribution in [0.5, 0.6) is 0 Å². The number of carbonyl (C=O) groups excluding carboxylic acids is 2. The van der Waals surface area contributed by atoms with E-state index < -0.39 is 12.2 Å². The van der Waals surface area contributed by atoms with Gasteiger partial charge in [0.25, 0.3) is 0 Å². The van der Waals surface area contributed by atoms with Crippen molar-refractivity contribution in [3.63, 3.8) is 0 Å². The van der Waals surface area contributed by atoms with Gasteiger partial charge < -0.3 is 9.64 Å². The van der Waals surface area contributed by atoms with E-state index in [1.165, 1.54) is 16.2 Å². The monoisotopic (exact) mass is 480 g/mol. The van der Waals surface area contributed by atoms with Crippen LogP contribution in [0.25, 0.3) is 0 Å². The van der Waals surface area contributed by atoms with Gasteiger partial charge in [0.1, 0.15) is 5.69 Å². The molecule has 0 aliphatic carbocycles. The minimum atomic E-state index is -0.734. The maximum atomic E-state index is 13.0. The summed E-state index contributed by atoms with van der Waals surface area (Å²) in [7, 11) is 0. The minimum absolute atomic E-state index is 0.186. The van der Waals surface area contributed by atoms with E-state index in [9.17, 15) is 9.59 Å². The van der Waals surface area contributed by atoms with E-state index in [2.05, 4.69) is 32.8 Å². The molecule has 156 valence electrons. The van der Waals surface area contributed by atoms with Crippen LogP contribution < -0.4 is 4.90 Å². The Balaban J connectivity index is 1.76. The Morgan fingerprint density at radius 3 is 2.69 bits per heavy atom. The Morgan fingerprint density at radius 2 is 2.03 bits per heavy atom. The molecule has 1 fully saturated rings. The number of unbranched alkanes of at least 4 members (excludes halogenated alkanes) is 3. The lowest BCUT2D eigenvalue weighted by atomic mass is 10.1. The highest BCUT2D eigenvalue weighted by Gasteiger charge is 2.42. The van der Waals surface area contributed by atoms with E-state index in [-0.39, 0.29) is 11.7 Å². The number of anilines is 1. The second-order valence-electron chi connectivity index (χ2n) is 7.12. The fraction of sp³-hybridized carbons (Fsp3) is 0.500. The molecule has 1 unspecified atom stereocenters. The second-order valence-corrected chi connectivity index (χ2v) is 9.51. The van der Waals surface area contributed by atoms with E-state index in [1.54, 1.807) is 23.4 Å². The number of esters is 1. The maximum absolute atomic E-state index is 13.0. The van der Waals surface area contributed by atoms with Gasteiger partial charge in [0.05, 0.1) is 16.5 Å². The summed E-state index contributed by atoms with van der Waals surface area (Å²) in [6, 6.07) is 1.52. The van der Waals surface area contributed by atoms with Crippen LogP contribution in [-0.4, -0.2) is 46.2 Å². The molecule has 1 aliphatic heterocycles. The van der Waals surface area contributed by atoms with Crippen LogP contribution >= 0.6 is 27.3 Å². The molecule has 9 heteroatoms. The fourth-order valence-corrected chi connectivity index (χ4v) is 4.33. The molecule has 0 aromatic carbocycles. The third-order valence-electron chi connectivity index (χ3n) is 4.92. The van der Waals surface area contributed by atoms with Gasteiger partial charge in [0.2, 0.25) is 6.23 Å². The summed E-state index contributed by atoms with van der Waals surface area (Å²) in [5.41, 5.74) is 2.21. The van der Waals surface area contributed by atoms with E-state index in [4.69, 9.17) is 4.74 Å². The van der Waals surface area contributed by atoms with Crippen molar-refractivity contribution < 1.29 is 14.3 Å². The lowest BCUT2D eigenvalue weighted by Gasteiger charge is -2.20. The van der Waals surface area contributed by atoms with E-state index in [0.717, 1.165) is 40.6 Å². The van der Waals surface area contributed by atoms with Crippen LogP contribution in [0.2, 0.25) is 0 Å². The SMILES string of the molecule is CCCCCCN1CC(OC(=O)c2cc(C)c(C)cn2)N(c2ncc(Br)s2)C1=O. The van der Waals surface area contributed by atoms with Crippen molar-refractivity contribution in [2.24, 2.45) is 0 Å². The highest BCUT2D eigenvalue weighted by Crippen LogP contribution is 2.32. The molecule has 0 radical (unpaired) electrons. The average molecular weight is 481 g/mol. The summed E-state index contributed by atoms with van der Waals surface area (Å²) in [5, 5.41) is 0.503. The Hall–Kier alpha value is -2.00. The lowest BCUT2D eigenvalue weighted by molar-refractivity contribution is 0.0318. The van der Waals surface area contributed by atoms with Crippen molar-refractivity contribution in [2.45, 2.75) is 52.7 Å². The molecule has 1 saturated heterocycles. The van der Waals surface area contributed by atoms with E-state index in [0.29, 0.717) is 18.2 Å². The van der Waals surface area contributed by atoms with Crippen molar-refractivity contribution in [3.05, 3.63) is 39.1 Å². The molecule has 0 bridgehead atoms. The van der Waals surface area contributed by atoms with Gasteiger partial charge >= 0.3 is 12.0 Å². The minimum Gasteiger partial charge on any atom is -0.434 e. The van der Waals surface area contributed by atoms with Gasteiger partial charge in [0, 0.05) is 12.7 Å². The zero-order chi connectivity index (χ0) is 21.0.